The lowest BCUT2D eigenvalue weighted by atomic mass is 10.1. The van der Waals surface area contributed by atoms with Crippen LogP contribution >= 0.6 is 15.9 Å². The first-order chi connectivity index (χ1) is 9.78. The molecule has 0 fully saturated rings. The predicted octanol–water partition coefficient (Wildman–Crippen LogP) is 3.41. The molecule has 0 aliphatic rings. The van der Waals surface area contributed by atoms with Gasteiger partial charge in [-0.15, -0.1) is 0 Å². The topological polar surface area (TPSA) is 44.5 Å². The van der Waals surface area contributed by atoms with Crippen LogP contribution in [0.4, 0.5) is 0 Å². The summed E-state index contributed by atoms with van der Waals surface area (Å²) in [4.78, 5) is 0. The normalized spacial score (nSPS) is 10.3. The number of hydrogen-bond acceptors (Lipinski definition) is 3. The van der Waals surface area contributed by atoms with Crippen molar-refractivity contribution in [3.8, 4) is 11.5 Å². The number of ether oxygens (including phenoxy) is 2. The zero-order valence-corrected chi connectivity index (χ0v) is 12.8. The molecule has 0 saturated carbocycles. The van der Waals surface area contributed by atoms with Crippen LogP contribution in [0.1, 0.15) is 5.56 Å². The highest BCUT2D eigenvalue weighted by atomic mass is 79.9. The van der Waals surface area contributed by atoms with Gasteiger partial charge in [-0.3, -0.25) is 0 Å². The number of rotatable bonds is 7. The van der Waals surface area contributed by atoms with Crippen LogP contribution in [0, 0.1) is 0 Å². The lowest BCUT2D eigenvalue weighted by Crippen LogP contribution is -2.09. The Hall–Kier alpha value is -1.52. The van der Waals surface area contributed by atoms with Crippen LogP contribution in [0.15, 0.2) is 53.0 Å². The van der Waals surface area contributed by atoms with Crippen molar-refractivity contribution in [2.75, 3.05) is 19.8 Å². The summed E-state index contributed by atoms with van der Waals surface area (Å²) >= 11 is 3.41. The van der Waals surface area contributed by atoms with Crippen molar-refractivity contribution in [3.05, 3.63) is 58.6 Å². The van der Waals surface area contributed by atoms with Crippen LogP contribution < -0.4 is 15.2 Å². The SMILES string of the molecule is NCCc1ccc(OCCOc2cccc(Br)c2)cc1. The van der Waals surface area contributed by atoms with Gasteiger partial charge in [0.25, 0.3) is 0 Å². The molecule has 0 unspecified atom stereocenters. The molecule has 0 spiro atoms. The van der Waals surface area contributed by atoms with Gasteiger partial charge >= 0.3 is 0 Å². The monoisotopic (exact) mass is 335 g/mol. The standard InChI is InChI=1S/C16H18BrNO2/c17-14-2-1-3-16(12-14)20-11-10-19-15-6-4-13(5-7-15)8-9-18/h1-7,12H,8-11,18H2. The fourth-order valence-corrected chi connectivity index (χ4v) is 2.17. The minimum absolute atomic E-state index is 0.515. The highest BCUT2D eigenvalue weighted by Gasteiger charge is 1.97. The quantitative estimate of drug-likeness (QED) is 0.788. The summed E-state index contributed by atoms with van der Waals surface area (Å²) in [5.74, 6) is 1.69. The molecule has 20 heavy (non-hydrogen) atoms. The second-order valence-corrected chi connectivity index (χ2v) is 5.25. The third-order valence-corrected chi connectivity index (χ3v) is 3.27. The fourth-order valence-electron chi connectivity index (χ4n) is 1.79. The van der Waals surface area contributed by atoms with E-state index in [0.29, 0.717) is 19.8 Å². The minimum atomic E-state index is 0.515. The van der Waals surface area contributed by atoms with E-state index >= 15 is 0 Å². The molecule has 2 N–H and O–H groups in total. The summed E-state index contributed by atoms with van der Waals surface area (Å²) in [5.41, 5.74) is 6.74. The molecule has 0 radical (unpaired) electrons. The van der Waals surface area contributed by atoms with Crippen LogP contribution in [-0.2, 0) is 6.42 Å². The van der Waals surface area contributed by atoms with Crippen molar-refractivity contribution >= 4 is 15.9 Å². The summed E-state index contributed by atoms with van der Waals surface area (Å²) in [5, 5.41) is 0. The Balaban J connectivity index is 1.73. The molecule has 2 aromatic rings. The highest BCUT2D eigenvalue weighted by molar-refractivity contribution is 9.10. The van der Waals surface area contributed by atoms with Crippen molar-refractivity contribution in [2.24, 2.45) is 5.73 Å². The molecule has 4 heteroatoms. The maximum atomic E-state index is 5.62. The smallest absolute Gasteiger partial charge is 0.122 e. The Kier molecular flexibility index (Phi) is 5.89. The van der Waals surface area contributed by atoms with Crippen LogP contribution in [0.2, 0.25) is 0 Å². The van der Waals surface area contributed by atoms with Crippen LogP contribution in [0.25, 0.3) is 0 Å². The van der Waals surface area contributed by atoms with Gasteiger partial charge in [-0.25, -0.2) is 0 Å². The van der Waals surface area contributed by atoms with Gasteiger partial charge in [0.2, 0.25) is 0 Å². The number of halogens is 1. The van der Waals surface area contributed by atoms with E-state index < -0.39 is 0 Å². The summed E-state index contributed by atoms with van der Waals surface area (Å²) in [7, 11) is 0. The Morgan fingerprint density at radius 2 is 1.60 bits per heavy atom. The fraction of sp³-hybridized carbons (Fsp3) is 0.250. The van der Waals surface area contributed by atoms with E-state index in [1.54, 1.807) is 0 Å². The summed E-state index contributed by atoms with van der Waals surface area (Å²) in [6, 6.07) is 15.8. The Morgan fingerprint density at radius 1 is 0.900 bits per heavy atom. The second-order valence-electron chi connectivity index (χ2n) is 4.34. The first-order valence-electron chi connectivity index (χ1n) is 6.58. The van der Waals surface area contributed by atoms with Crippen molar-refractivity contribution in [1.82, 2.24) is 0 Å². The lowest BCUT2D eigenvalue weighted by Gasteiger charge is -2.09. The molecule has 0 aromatic heterocycles. The van der Waals surface area contributed by atoms with E-state index in [9.17, 15) is 0 Å². The van der Waals surface area contributed by atoms with Crippen molar-refractivity contribution in [2.45, 2.75) is 6.42 Å². The van der Waals surface area contributed by atoms with Gasteiger partial charge < -0.3 is 15.2 Å². The summed E-state index contributed by atoms with van der Waals surface area (Å²) in [6.45, 7) is 1.70. The van der Waals surface area contributed by atoms with Crippen molar-refractivity contribution < 1.29 is 9.47 Å². The molecule has 0 amide bonds. The van der Waals surface area contributed by atoms with Gasteiger partial charge in [-0.05, 0) is 48.9 Å². The van der Waals surface area contributed by atoms with Gasteiger partial charge in [0.05, 0.1) is 0 Å². The average molecular weight is 336 g/mol. The van der Waals surface area contributed by atoms with E-state index in [1.165, 1.54) is 5.56 Å². The molecule has 0 heterocycles. The first kappa shape index (κ1) is 14.9. The van der Waals surface area contributed by atoms with E-state index in [-0.39, 0.29) is 0 Å². The zero-order chi connectivity index (χ0) is 14.2. The molecule has 2 rings (SSSR count). The third kappa shape index (κ3) is 4.87. The van der Waals surface area contributed by atoms with E-state index in [0.717, 1.165) is 22.4 Å². The van der Waals surface area contributed by atoms with E-state index in [4.69, 9.17) is 15.2 Å². The summed E-state index contributed by atoms with van der Waals surface area (Å²) < 4.78 is 12.2. The summed E-state index contributed by atoms with van der Waals surface area (Å²) in [6.07, 6.45) is 0.895. The number of nitrogens with two attached hydrogens (primary N) is 1. The van der Waals surface area contributed by atoms with Gasteiger partial charge in [0, 0.05) is 4.47 Å². The molecule has 3 nitrogen and oxygen atoms in total. The van der Waals surface area contributed by atoms with Crippen LogP contribution in [-0.4, -0.2) is 19.8 Å². The van der Waals surface area contributed by atoms with Gasteiger partial charge in [0.1, 0.15) is 24.7 Å². The first-order valence-corrected chi connectivity index (χ1v) is 7.37. The van der Waals surface area contributed by atoms with Crippen LogP contribution in [0.5, 0.6) is 11.5 Å². The predicted molar refractivity (Wildman–Crippen MR) is 84.3 cm³/mol. The van der Waals surface area contributed by atoms with E-state index in [1.807, 2.05) is 48.5 Å². The Morgan fingerprint density at radius 3 is 2.25 bits per heavy atom. The lowest BCUT2D eigenvalue weighted by molar-refractivity contribution is 0.217. The van der Waals surface area contributed by atoms with Gasteiger partial charge in [-0.1, -0.05) is 34.1 Å². The Labute approximate surface area is 127 Å². The molecule has 0 saturated heterocycles. The van der Waals surface area contributed by atoms with E-state index in [2.05, 4.69) is 15.9 Å². The molecular formula is C16H18BrNO2. The third-order valence-electron chi connectivity index (χ3n) is 2.77. The molecule has 0 aliphatic heterocycles. The molecule has 0 bridgehead atoms. The van der Waals surface area contributed by atoms with Crippen LogP contribution in [0.3, 0.4) is 0 Å². The highest BCUT2D eigenvalue weighted by Crippen LogP contribution is 2.17. The molecule has 0 aliphatic carbocycles. The number of hydrogen-bond donors (Lipinski definition) is 1. The maximum Gasteiger partial charge on any atom is 0.122 e. The molecular weight excluding hydrogens is 318 g/mol. The van der Waals surface area contributed by atoms with Crippen molar-refractivity contribution in [3.63, 3.8) is 0 Å². The number of benzene rings is 2. The molecule has 2 aromatic carbocycles. The van der Waals surface area contributed by atoms with Gasteiger partial charge in [-0.2, -0.15) is 0 Å². The minimum Gasteiger partial charge on any atom is -0.490 e. The Bertz CT molecular complexity index is 528. The molecule has 0 atom stereocenters. The van der Waals surface area contributed by atoms with Gasteiger partial charge in [0.15, 0.2) is 0 Å². The largest absolute Gasteiger partial charge is 0.490 e. The maximum absolute atomic E-state index is 5.62. The van der Waals surface area contributed by atoms with Crippen molar-refractivity contribution in [1.29, 1.82) is 0 Å². The zero-order valence-electron chi connectivity index (χ0n) is 11.2. The molecule has 106 valence electrons. The second kappa shape index (κ2) is 7.92. The average Bonchev–Trinajstić information content (AvgIpc) is 2.46.